The van der Waals surface area contributed by atoms with Crippen LogP contribution in [-0.4, -0.2) is 52.4 Å². The number of methoxy groups -OCH3 is 2. The van der Waals surface area contributed by atoms with Crippen LogP contribution in [0.4, 0.5) is 0 Å². The molecule has 0 aromatic carbocycles. The number of aliphatic hydroxyl groups excluding tert-OH is 1. The first-order valence-electron chi connectivity index (χ1n) is 5.69. The monoisotopic (exact) mass is 271 g/mol. The fraction of sp³-hybridized carbons (Fsp3) is 0.636. The van der Waals surface area contributed by atoms with Crippen molar-refractivity contribution in [1.82, 2.24) is 15.0 Å². The van der Waals surface area contributed by atoms with Crippen molar-refractivity contribution in [2.24, 2.45) is 0 Å². The Balaban J connectivity index is 3.21. The molecule has 2 atom stereocenters. The van der Waals surface area contributed by atoms with Gasteiger partial charge in [0.2, 0.25) is 0 Å². The summed E-state index contributed by atoms with van der Waals surface area (Å²) < 4.78 is 10.5. The maximum atomic E-state index is 11.6. The maximum Gasteiger partial charge on any atom is 0.360 e. The molecule has 0 aliphatic carbocycles. The van der Waals surface area contributed by atoms with Gasteiger partial charge < -0.3 is 14.6 Å². The number of nitrogens with zero attached hydrogens (tertiary/aromatic N) is 3. The maximum absolute atomic E-state index is 11.6. The summed E-state index contributed by atoms with van der Waals surface area (Å²) in [4.78, 5) is 22.9. The lowest BCUT2D eigenvalue weighted by atomic mass is 10.2. The van der Waals surface area contributed by atoms with Gasteiger partial charge in [0.1, 0.15) is 0 Å². The van der Waals surface area contributed by atoms with Crippen molar-refractivity contribution >= 4 is 11.9 Å². The molecule has 8 nitrogen and oxygen atoms in total. The fourth-order valence-corrected chi connectivity index (χ4v) is 1.47. The molecule has 1 aromatic heterocycles. The summed E-state index contributed by atoms with van der Waals surface area (Å²) in [6.07, 6.45) is -0.894. The predicted molar refractivity (Wildman–Crippen MR) is 63.5 cm³/mol. The van der Waals surface area contributed by atoms with Crippen molar-refractivity contribution in [2.75, 3.05) is 14.2 Å². The van der Waals surface area contributed by atoms with Crippen LogP contribution >= 0.6 is 0 Å². The second-order valence-electron chi connectivity index (χ2n) is 4.06. The lowest BCUT2D eigenvalue weighted by Gasteiger charge is -2.17. The molecule has 0 saturated heterocycles. The van der Waals surface area contributed by atoms with Gasteiger partial charge >= 0.3 is 11.9 Å². The van der Waals surface area contributed by atoms with Gasteiger partial charge in [-0.15, -0.1) is 5.10 Å². The molecule has 0 amide bonds. The molecule has 1 N–H and O–H groups in total. The van der Waals surface area contributed by atoms with E-state index >= 15 is 0 Å². The van der Waals surface area contributed by atoms with Crippen LogP contribution in [0.5, 0.6) is 0 Å². The van der Waals surface area contributed by atoms with E-state index < -0.39 is 24.1 Å². The fourth-order valence-electron chi connectivity index (χ4n) is 1.47. The number of carbonyl (C=O) groups is 2. The van der Waals surface area contributed by atoms with Crippen molar-refractivity contribution in [3.8, 4) is 0 Å². The second-order valence-corrected chi connectivity index (χ2v) is 4.06. The minimum atomic E-state index is -0.719. The first-order chi connectivity index (χ1) is 8.92. The molecule has 0 spiro atoms. The minimum absolute atomic E-state index is 0.0552. The van der Waals surface area contributed by atoms with E-state index in [1.165, 1.54) is 18.9 Å². The number of carbonyl (C=O) groups excluding carboxylic acids is 2. The van der Waals surface area contributed by atoms with E-state index in [2.05, 4.69) is 19.8 Å². The highest BCUT2D eigenvalue weighted by atomic mass is 16.5. The molecule has 106 valence electrons. The zero-order valence-corrected chi connectivity index (χ0v) is 11.3. The van der Waals surface area contributed by atoms with Gasteiger partial charge in [-0.05, 0) is 13.8 Å². The summed E-state index contributed by atoms with van der Waals surface area (Å²) in [6.45, 7) is 3.27. The van der Waals surface area contributed by atoms with Gasteiger partial charge in [0.25, 0.3) is 0 Å². The second kappa shape index (κ2) is 6.28. The first kappa shape index (κ1) is 15.1. The molecule has 1 rings (SSSR count). The Kier molecular flexibility index (Phi) is 4.99. The van der Waals surface area contributed by atoms with Crippen LogP contribution in [0.15, 0.2) is 0 Å². The molecular formula is C11H17N3O5. The molecule has 0 aliphatic rings. The topological polar surface area (TPSA) is 104 Å². The lowest BCUT2D eigenvalue weighted by molar-refractivity contribution is -0.139. The molecule has 1 heterocycles. The highest BCUT2D eigenvalue weighted by Gasteiger charge is 2.26. The number of rotatable bonds is 5. The molecular weight excluding hydrogens is 254 g/mol. The standard InChI is InChI=1S/C11H17N3O5/c1-6(7(2)15)14-8(5-9(16)18-3)10(12-13-14)11(17)19-4/h6-7,15H,5H2,1-4H3. The summed E-state index contributed by atoms with van der Waals surface area (Å²) in [7, 11) is 2.45. The van der Waals surface area contributed by atoms with E-state index in [0.29, 0.717) is 0 Å². The van der Waals surface area contributed by atoms with Crippen LogP contribution in [0.1, 0.15) is 36.1 Å². The van der Waals surface area contributed by atoms with E-state index in [-0.39, 0.29) is 17.8 Å². The number of aliphatic hydroxyl groups is 1. The van der Waals surface area contributed by atoms with Crippen LogP contribution in [0.25, 0.3) is 0 Å². The lowest BCUT2D eigenvalue weighted by Crippen LogP contribution is -2.23. The number of ether oxygens (including phenoxy) is 2. The van der Waals surface area contributed by atoms with E-state index in [1.807, 2.05) is 0 Å². The third-order valence-electron chi connectivity index (χ3n) is 2.79. The Labute approximate surface area is 110 Å². The normalized spacial score (nSPS) is 13.7. The van der Waals surface area contributed by atoms with Gasteiger partial charge in [0, 0.05) is 0 Å². The number of esters is 2. The molecule has 19 heavy (non-hydrogen) atoms. The van der Waals surface area contributed by atoms with Gasteiger partial charge in [-0.25, -0.2) is 9.48 Å². The summed E-state index contributed by atoms with van der Waals surface area (Å²) in [5.74, 6) is -1.23. The Hall–Kier alpha value is -1.96. The van der Waals surface area contributed by atoms with Crippen LogP contribution < -0.4 is 0 Å². The number of hydrogen-bond acceptors (Lipinski definition) is 7. The Morgan fingerprint density at radius 2 is 1.95 bits per heavy atom. The first-order valence-corrected chi connectivity index (χ1v) is 5.69. The van der Waals surface area contributed by atoms with E-state index in [9.17, 15) is 14.7 Å². The van der Waals surface area contributed by atoms with E-state index in [4.69, 9.17) is 0 Å². The molecule has 0 saturated carbocycles. The Morgan fingerprint density at radius 3 is 2.42 bits per heavy atom. The third-order valence-corrected chi connectivity index (χ3v) is 2.79. The van der Waals surface area contributed by atoms with Gasteiger partial charge in [0.05, 0.1) is 38.5 Å². The molecule has 8 heteroatoms. The van der Waals surface area contributed by atoms with Crippen LogP contribution in [0.2, 0.25) is 0 Å². The Morgan fingerprint density at radius 1 is 1.32 bits per heavy atom. The SMILES string of the molecule is COC(=O)Cc1c(C(=O)OC)nnn1C(C)C(C)O. The molecule has 0 fully saturated rings. The minimum Gasteiger partial charge on any atom is -0.469 e. The van der Waals surface area contributed by atoms with Crippen molar-refractivity contribution in [2.45, 2.75) is 32.4 Å². The Bertz CT molecular complexity index is 469. The number of hydrogen-bond donors (Lipinski definition) is 1. The molecule has 1 aromatic rings. The van der Waals surface area contributed by atoms with E-state index in [1.54, 1.807) is 13.8 Å². The molecule has 0 radical (unpaired) electrons. The van der Waals surface area contributed by atoms with Crippen molar-refractivity contribution in [3.63, 3.8) is 0 Å². The molecule has 0 bridgehead atoms. The quantitative estimate of drug-likeness (QED) is 0.734. The van der Waals surface area contributed by atoms with Crippen LogP contribution in [-0.2, 0) is 20.7 Å². The van der Waals surface area contributed by atoms with Crippen LogP contribution in [0, 0.1) is 0 Å². The van der Waals surface area contributed by atoms with Crippen molar-refractivity contribution in [3.05, 3.63) is 11.4 Å². The summed E-state index contributed by atoms with van der Waals surface area (Å²) >= 11 is 0. The van der Waals surface area contributed by atoms with Gasteiger partial charge in [-0.3, -0.25) is 4.79 Å². The summed E-state index contributed by atoms with van der Waals surface area (Å²) in [6, 6.07) is -0.439. The van der Waals surface area contributed by atoms with E-state index in [0.717, 1.165) is 0 Å². The van der Waals surface area contributed by atoms with Gasteiger partial charge in [-0.1, -0.05) is 5.21 Å². The summed E-state index contributed by atoms with van der Waals surface area (Å²) in [5, 5.41) is 17.1. The molecule has 0 aliphatic heterocycles. The van der Waals surface area contributed by atoms with Crippen LogP contribution in [0.3, 0.4) is 0 Å². The van der Waals surface area contributed by atoms with Crippen molar-refractivity contribution < 1.29 is 24.2 Å². The smallest absolute Gasteiger partial charge is 0.360 e. The van der Waals surface area contributed by atoms with Gasteiger partial charge in [0.15, 0.2) is 5.69 Å². The summed E-state index contributed by atoms with van der Waals surface area (Å²) in [5.41, 5.74) is 0.201. The van der Waals surface area contributed by atoms with Crippen molar-refractivity contribution in [1.29, 1.82) is 0 Å². The molecule has 2 unspecified atom stereocenters. The van der Waals surface area contributed by atoms with Gasteiger partial charge in [-0.2, -0.15) is 0 Å². The third kappa shape index (κ3) is 3.28. The largest absolute Gasteiger partial charge is 0.469 e. The zero-order chi connectivity index (χ0) is 14.6. The predicted octanol–water partition coefficient (Wildman–Crippen LogP) is -0.278. The number of aromatic nitrogens is 3. The average Bonchev–Trinajstić information content (AvgIpc) is 2.80. The highest BCUT2D eigenvalue weighted by Crippen LogP contribution is 2.17. The zero-order valence-electron chi connectivity index (χ0n) is 11.3. The average molecular weight is 271 g/mol. The highest BCUT2D eigenvalue weighted by molar-refractivity contribution is 5.89.